The molecule has 33 heavy (non-hydrogen) atoms. The third-order valence-electron chi connectivity index (χ3n) is 5.11. The van der Waals surface area contributed by atoms with Gasteiger partial charge in [0.25, 0.3) is 10.0 Å². The van der Waals surface area contributed by atoms with Gasteiger partial charge in [-0.2, -0.15) is 8.42 Å². The molecule has 178 valence electrons. The lowest BCUT2D eigenvalue weighted by molar-refractivity contribution is 0.568. The first-order valence-electron chi connectivity index (χ1n) is 10.1. The van der Waals surface area contributed by atoms with Crippen molar-refractivity contribution in [2.24, 2.45) is 10.1 Å². The van der Waals surface area contributed by atoms with E-state index >= 15 is 0 Å². The molecule has 3 rings (SSSR count). The maximum absolute atomic E-state index is 14.8. The van der Waals surface area contributed by atoms with Gasteiger partial charge in [-0.15, -0.1) is 4.40 Å². The molecule has 0 spiro atoms. The SMILES string of the molecule is CN/C=C\C(N)=NS(=O)(=O)c1cc(Cl)c(Nc2ccc(F)cc2N2CCC(NC)C2)cc1F. The molecule has 1 unspecified atom stereocenters. The van der Waals surface area contributed by atoms with Crippen molar-refractivity contribution in [2.45, 2.75) is 17.4 Å². The molecule has 2 aromatic rings. The van der Waals surface area contributed by atoms with E-state index in [2.05, 4.69) is 20.3 Å². The van der Waals surface area contributed by atoms with E-state index in [1.807, 2.05) is 11.9 Å². The van der Waals surface area contributed by atoms with Crippen molar-refractivity contribution in [2.75, 3.05) is 37.4 Å². The first-order chi connectivity index (χ1) is 15.6. The Bertz CT molecular complexity index is 1190. The van der Waals surface area contributed by atoms with Crippen molar-refractivity contribution < 1.29 is 17.2 Å². The quantitative estimate of drug-likeness (QED) is 0.327. The second-order valence-electron chi connectivity index (χ2n) is 7.38. The Labute approximate surface area is 196 Å². The summed E-state index contributed by atoms with van der Waals surface area (Å²) in [5.74, 6) is -1.80. The van der Waals surface area contributed by atoms with Gasteiger partial charge in [-0.25, -0.2) is 8.78 Å². The van der Waals surface area contributed by atoms with Crippen LogP contribution in [0, 0.1) is 11.6 Å². The summed E-state index contributed by atoms with van der Waals surface area (Å²) in [4.78, 5) is 1.29. The predicted octanol–water partition coefficient (Wildman–Crippen LogP) is 2.94. The van der Waals surface area contributed by atoms with Gasteiger partial charge in [0.05, 0.1) is 22.1 Å². The largest absolute Gasteiger partial charge is 0.394 e. The van der Waals surface area contributed by atoms with Crippen LogP contribution < -0.4 is 26.6 Å². The van der Waals surface area contributed by atoms with Crippen LogP contribution >= 0.6 is 11.6 Å². The van der Waals surface area contributed by atoms with Crippen molar-refractivity contribution >= 4 is 44.5 Å². The van der Waals surface area contributed by atoms with Crippen molar-refractivity contribution in [3.8, 4) is 0 Å². The number of hydrogen-bond donors (Lipinski definition) is 4. The number of rotatable bonds is 8. The van der Waals surface area contributed by atoms with Gasteiger partial charge in [0, 0.05) is 32.2 Å². The fourth-order valence-corrected chi connectivity index (χ4v) is 4.73. The molecule has 12 heteroatoms. The van der Waals surface area contributed by atoms with E-state index in [0.717, 1.165) is 18.6 Å². The number of nitrogens with two attached hydrogens (primary N) is 1. The Morgan fingerprint density at radius 1 is 1.24 bits per heavy atom. The lowest BCUT2D eigenvalue weighted by Crippen LogP contribution is -2.29. The van der Waals surface area contributed by atoms with E-state index < -0.39 is 26.6 Å². The maximum Gasteiger partial charge on any atom is 0.287 e. The van der Waals surface area contributed by atoms with Gasteiger partial charge in [-0.3, -0.25) is 0 Å². The van der Waals surface area contributed by atoms with Crippen LogP contribution in [0.3, 0.4) is 0 Å². The number of hydrogen-bond acceptors (Lipinski definition) is 6. The highest BCUT2D eigenvalue weighted by Gasteiger charge is 2.25. The summed E-state index contributed by atoms with van der Waals surface area (Å²) in [6, 6.07) is 6.37. The highest BCUT2D eigenvalue weighted by atomic mass is 35.5. The fourth-order valence-electron chi connectivity index (χ4n) is 3.44. The number of nitrogens with one attached hydrogen (secondary N) is 3. The second kappa shape index (κ2) is 10.4. The maximum atomic E-state index is 14.8. The normalized spacial score (nSPS) is 17.1. The molecule has 0 radical (unpaired) electrons. The summed E-state index contributed by atoms with van der Waals surface area (Å²) >= 11 is 6.27. The molecular weight excluding hydrogens is 474 g/mol. The van der Waals surface area contributed by atoms with Crippen molar-refractivity contribution in [3.63, 3.8) is 0 Å². The molecule has 5 N–H and O–H groups in total. The molecule has 2 aromatic carbocycles. The smallest absolute Gasteiger partial charge is 0.287 e. The van der Waals surface area contributed by atoms with Crippen LogP contribution in [-0.4, -0.2) is 47.5 Å². The van der Waals surface area contributed by atoms with Gasteiger partial charge in [-0.05, 0) is 50.0 Å². The van der Waals surface area contributed by atoms with Crippen LogP contribution in [0.4, 0.5) is 25.8 Å². The number of amidine groups is 1. The average Bonchev–Trinajstić information content (AvgIpc) is 3.24. The Morgan fingerprint density at radius 3 is 2.67 bits per heavy atom. The summed E-state index contributed by atoms with van der Waals surface area (Å²) in [5.41, 5.74) is 6.77. The zero-order valence-electron chi connectivity index (χ0n) is 18.1. The Balaban J connectivity index is 1.93. The van der Waals surface area contributed by atoms with Crippen LogP contribution in [0.5, 0.6) is 0 Å². The lowest BCUT2D eigenvalue weighted by atomic mass is 10.2. The molecule has 1 heterocycles. The molecule has 0 aromatic heterocycles. The number of likely N-dealkylation sites (N-methyl/N-ethyl adjacent to an activating group) is 1. The number of anilines is 3. The van der Waals surface area contributed by atoms with Gasteiger partial charge < -0.3 is 26.6 Å². The summed E-state index contributed by atoms with van der Waals surface area (Å²) in [6.07, 6.45) is 3.49. The fraction of sp³-hybridized carbons (Fsp3) is 0.286. The Morgan fingerprint density at radius 2 is 2.00 bits per heavy atom. The number of halogens is 3. The van der Waals surface area contributed by atoms with Crippen molar-refractivity contribution in [3.05, 3.63) is 59.3 Å². The molecule has 1 aliphatic heterocycles. The van der Waals surface area contributed by atoms with E-state index in [1.165, 1.54) is 30.5 Å². The molecule has 0 saturated carbocycles. The molecule has 1 atom stereocenters. The molecule has 8 nitrogen and oxygen atoms in total. The van der Waals surface area contributed by atoms with Gasteiger partial charge in [0.15, 0.2) is 0 Å². The minimum Gasteiger partial charge on any atom is -0.394 e. The van der Waals surface area contributed by atoms with Crippen molar-refractivity contribution in [1.29, 1.82) is 0 Å². The van der Waals surface area contributed by atoms with Crippen LogP contribution in [0.15, 0.2) is 51.9 Å². The molecule has 1 aliphatic rings. The summed E-state index contributed by atoms with van der Waals surface area (Å²) in [6.45, 7) is 1.39. The zero-order chi connectivity index (χ0) is 24.2. The van der Waals surface area contributed by atoms with Gasteiger partial charge in [0.2, 0.25) is 0 Å². The molecule has 0 aliphatic carbocycles. The third-order valence-corrected chi connectivity index (χ3v) is 6.74. The first-order valence-corrected chi connectivity index (χ1v) is 11.9. The molecule has 1 fully saturated rings. The van der Waals surface area contributed by atoms with E-state index in [-0.39, 0.29) is 22.6 Å². The number of sulfonamides is 1. The van der Waals surface area contributed by atoms with E-state index in [4.69, 9.17) is 17.3 Å². The zero-order valence-corrected chi connectivity index (χ0v) is 19.6. The van der Waals surface area contributed by atoms with Gasteiger partial charge in [-0.1, -0.05) is 11.6 Å². The molecule has 0 bridgehead atoms. The standard InChI is InChI=1S/C21H25ClF2N6O2S/c1-26-7-5-21(25)29-33(31,32)20-10-15(22)18(11-16(20)24)28-17-4-3-13(23)9-19(17)30-8-6-14(12-30)27-2/h3-5,7,9-11,14,26-28H,6,8,12H2,1-2H3,(H2,25,29)/b7-5-. The minimum absolute atomic E-state index is 0.0562. The van der Waals surface area contributed by atoms with Crippen LogP contribution in [0.25, 0.3) is 0 Å². The van der Waals surface area contributed by atoms with Crippen LogP contribution in [0.2, 0.25) is 5.02 Å². The monoisotopic (exact) mass is 498 g/mol. The first kappa shape index (κ1) is 24.7. The van der Waals surface area contributed by atoms with E-state index in [0.29, 0.717) is 24.5 Å². The van der Waals surface area contributed by atoms with E-state index in [1.54, 1.807) is 7.05 Å². The second-order valence-corrected chi connectivity index (χ2v) is 9.36. The topological polar surface area (TPSA) is 112 Å². The Hall–Kier alpha value is -2.89. The Kier molecular flexibility index (Phi) is 7.77. The highest BCUT2D eigenvalue weighted by molar-refractivity contribution is 7.90. The summed E-state index contributed by atoms with van der Waals surface area (Å²) in [5, 5.41) is 8.77. The van der Waals surface area contributed by atoms with Crippen LogP contribution in [-0.2, 0) is 10.0 Å². The predicted molar refractivity (Wildman–Crippen MR) is 128 cm³/mol. The summed E-state index contributed by atoms with van der Waals surface area (Å²) < 4.78 is 57.1. The third kappa shape index (κ3) is 5.92. The van der Waals surface area contributed by atoms with Gasteiger partial charge in [0.1, 0.15) is 22.4 Å². The average molecular weight is 499 g/mol. The highest BCUT2D eigenvalue weighted by Crippen LogP contribution is 2.36. The molecule has 1 saturated heterocycles. The molecule has 0 amide bonds. The molecular formula is C21H25ClF2N6O2S. The van der Waals surface area contributed by atoms with E-state index in [9.17, 15) is 17.2 Å². The number of benzene rings is 2. The number of nitrogens with zero attached hydrogens (tertiary/aromatic N) is 2. The van der Waals surface area contributed by atoms with Crippen LogP contribution in [0.1, 0.15) is 6.42 Å². The lowest BCUT2D eigenvalue weighted by Gasteiger charge is -2.23. The van der Waals surface area contributed by atoms with Crippen molar-refractivity contribution in [1.82, 2.24) is 10.6 Å². The van der Waals surface area contributed by atoms with Gasteiger partial charge >= 0.3 is 0 Å². The minimum atomic E-state index is -4.44. The summed E-state index contributed by atoms with van der Waals surface area (Å²) in [7, 11) is -0.974.